The van der Waals surface area contributed by atoms with Crippen LogP contribution in [0.4, 0.5) is 11.4 Å². The molecule has 3 N–H and O–H groups in total. The minimum Gasteiger partial charge on any atom is -0.397 e. The lowest BCUT2D eigenvalue weighted by atomic mass is 9.89. The number of para-hydroxylation sites is 2. The smallest absolute Gasteiger partial charge is 0.226 e. The number of hydrogen-bond acceptors (Lipinski definition) is 3. The van der Waals surface area contributed by atoms with Crippen LogP contribution in [-0.4, -0.2) is 18.6 Å². The van der Waals surface area contributed by atoms with Crippen LogP contribution in [0.3, 0.4) is 0 Å². The minimum absolute atomic E-state index is 0.0490. The van der Waals surface area contributed by atoms with Gasteiger partial charge in [0.1, 0.15) is 0 Å². The molecule has 20 heavy (non-hydrogen) atoms. The van der Waals surface area contributed by atoms with Gasteiger partial charge in [-0.15, -0.1) is 0 Å². The largest absolute Gasteiger partial charge is 0.397 e. The van der Waals surface area contributed by atoms with Gasteiger partial charge in [-0.3, -0.25) is 4.79 Å². The summed E-state index contributed by atoms with van der Waals surface area (Å²) in [7, 11) is 0. The summed E-state index contributed by atoms with van der Waals surface area (Å²) in [6.07, 6.45) is 5.42. The van der Waals surface area contributed by atoms with E-state index < -0.39 is 0 Å². The van der Waals surface area contributed by atoms with E-state index in [-0.39, 0.29) is 5.91 Å². The molecule has 0 saturated heterocycles. The highest BCUT2D eigenvalue weighted by Gasteiger charge is 2.18. The molecular weight excluding hydrogens is 252 g/mol. The molecule has 0 unspecified atom stereocenters. The molecule has 0 aromatic heterocycles. The normalized spacial score (nSPS) is 22.4. The van der Waals surface area contributed by atoms with Gasteiger partial charge in [-0.05, 0) is 43.7 Å². The van der Waals surface area contributed by atoms with Gasteiger partial charge in [0.25, 0.3) is 0 Å². The van der Waals surface area contributed by atoms with Crippen molar-refractivity contribution in [3.63, 3.8) is 0 Å². The van der Waals surface area contributed by atoms with Crippen LogP contribution in [0.5, 0.6) is 0 Å². The third-order valence-corrected chi connectivity index (χ3v) is 3.88. The SMILES string of the molecule is CC1CCC(OCCC(=O)Nc2ccccc2N)CC1. The molecule has 1 saturated carbocycles. The Bertz CT molecular complexity index is 440. The molecule has 0 spiro atoms. The summed E-state index contributed by atoms with van der Waals surface area (Å²) < 4.78 is 5.78. The van der Waals surface area contributed by atoms with E-state index in [2.05, 4.69) is 12.2 Å². The molecule has 4 heteroatoms. The highest BCUT2D eigenvalue weighted by atomic mass is 16.5. The molecule has 0 aliphatic heterocycles. The second-order valence-corrected chi connectivity index (χ2v) is 5.64. The van der Waals surface area contributed by atoms with E-state index in [4.69, 9.17) is 10.5 Å². The summed E-state index contributed by atoms with van der Waals surface area (Å²) in [4.78, 5) is 11.8. The topological polar surface area (TPSA) is 64.3 Å². The molecule has 0 atom stereocenters. The number of nitrogens with two attached hydrogens (primary N) is 1. The van der Waals surface area contributed by atoms with E-state index in [9.17, 15) is 4.79 Å². The van der Waals surface area contributed by atoms with Crippen LogP contribution in [0.1, 0.15) is 39.0 Å². The maximum atomic E-state index is 11.8. The van der Waals surface area contributed by atoms with Gasteiger partial charge in [0.2, 0.25) is 5.91 Å². The van der Waals surface area contributed by atoms with Crippen molar-refractivity contribution in [2.45, 2.75) is 45.1 Å². The number of anilines is 2. The number of hydrogen-bond donors (Lipinski definition) is 2. The first-order valence-corrected chi connectivity index (χ1v) is 7.41. The van der Waals surface area contributed by atoms with Crippen molar-refractivity contribution in [3.05, 3.63) is 24.3 Å². The first-order chi connectivity index (χ1) is 9.65. The predicted octanol–water partition coefficient (Wildman–Crippen LogP) is 3.19. The van der Waals surface area contributed by atoms with Gasteiger partial charge < -0.3 is 15.8 Å². The van der Waals surface area contributed by atoms with Crippen molar-refractivity contribution >= 4 is 17.3 Å². The van der Waals surface area contributed by atoms with Crippen molar-refractivity contribution in [2.24, 2.45) is 5.92 Å². The molecule has 1 aromatic rings. The maximum Gasteiger partial charge on any atom is 0.226 e. The maximum absolute atomic E-state index is 11.8. The molecule has 1 aliphatic rings. The van der Waals surface area contributed by atoms with E-state index >= 15 is 0 Å². The second kappa shape index (κ2) is 7.29. The Labute approximate surface area is 120 Å². The lowest BCUT2D eigenvalue weighted by molar-refractivity contribution is -0.117. The molecule has 0 radical (unpaired) electrons. The Morgan fingerprint density at radius 2 is 2.00 bits per heavy atom. The number of ether oxygens (including phenoxy) is 1. The highest BCUT2D eigenvalue weighted by molar-refractivity contribution is 5.93. The predicted molar refractivity (Wildman–Crippen MR) is 81.5 cm³/mol. The Balaban J connectivity index is 1.67. The van der Waals surface area contributed by atoms with Gasteiger partial charge >= 0.3 is 0 Å². The summed E-state index contributed by atoms with van der Waals surface area (Å²) in [5.41, 5.74) is 7.04. The summed E-state index contributed by atoms with van der Waals surface area (Å²) >= 11 is 0. The van der Waals surface area contributed by atoms with E-state index in [0.29, 0.717) is 30.5 Å². The van der Waals surface area contributed by atoms with Crippen LogP contribution in [0.15, 0.2) is 24.3 Å². The number of nitrogen functional groups attached to an aromatic ring is 1. The fourth-order valence-electron chi connectivity index (χ4n) is 2.54. The summed E-state index contributed by atoms with van der Waals surface area (Å²) in [6, 6.07) is 7.27. The molecule has 4 nitrogen and oxygen atoms in total. The zero-order chi connectivity index (χ0) is 14.4. The molecule has 110 valence electrons. The van der Waals surface area contributed by atoms with E-state index in [0.717, 1.165) is 18.8 Å². The van der Waals surface area contributed by atoms with Crippen LogP contribution in [0.25, 0.3) is 0 Å². The Morgan fingerprint density at radius 3 is 2.70 bits per heavy atom. The minimum atomic E-state index is -0.0490. The molecule has 1 aromatic carbocycles. The highest BCUT2D eigenvalue weighted by Crippen LogP contribution is 2.25. The zero-order valence-corrected chi connectivity index (χ0v) is 12.1. The van der Waals surface area contributed by atoms with Crippen molar-refractivity contribution in [3.8, 4) is 0 Å². The molecule has 1 aliphatic carbocycles. The van der Waals surface area contributed by atoms with Crippen LogP contribution < -0.4 is 11.1 Å². The Hall–Kier alpha value is -1.55. The van der Waals surface area contributed by atoms with E-state index in [1.807, 2.05) is 12.1 Å². The van der Waals surface area contributed by atoms with Crippen LogP contribution in [-0.2, 0) is 9.53 Å². The average molecular weight is 276 g/mol. The molecular formula is C16H24N2O2. The lowest BCUT2D eigenvalue weighted by Crippen LogP contribution is -2.23. The Kier molecular flexibility index (Phi) is 5.41. The zero-order valence-electron chi connectivity index (χ0n) is 12.1. The van der Waals surface area contributed by atoms with Crippen molar-refractivity contribution in [1.29, 1.82) is 0 Å². The van der Waals surface area contributed by atoms with Crippen LogP contribution in [0.2, 0.25) is 0 Å². The van der Waals surface area contributed by atoms with E-state index in [1.165, 1.54) is 12.8 Å². The van der Waals surface area contributed by atoms with Gasteiger partial charge in [-0.2, -0.15) is 0 Å². The average Bonchev–Trinajstić information content (AvgIpc) is 2.44. The summed E-state index contributed by atoms with van der Waals surface area (Å²) in [5, 5.41) is 2.81. The molecule has 1 amide bonds. The lowest BCUT2D eigenvalue weighted by Gasteiger charge is -2.26. The van der Waals surface area contributed by atoms with Gasteiger partial charge in [-0.1, -0.05) is 19.1 Å². The first kappa shape index (κ1) is 14.9. The number of benzene rings is 1. The van der Waals surface area contributed by atoms with E-state index in [1.54, 1.807) is 12.1 Å². The number of carbonyl (C=O) groups excluding carboxylic acids is 1. The molecule has 0 heterocycles. The van der Waals surface area contributed by atoms with Crippen LogP contribution >= 0.6 is 0 Å². The number of rotatable bonds is 5. The van der Waals surface area contributed by atoms with Gasteiger partial charge in [0, 0.05) is 0 Å². The van der Waals surface area contributed by atoms with Crippen molar-refractivity contribution < 1.29 is 9.53 Å². The summed E-state index contributed by atoms with van der Waals surface area (Å²) in [5.74, 6) is 0.770. The number of amides is 1. The Morgan fingerprint density at radius 1 is 1.30 bits per heavy atom. The van der Waals surface area contributed by atoms with Gasteiger partial charge in [0.15, 0.2) is 0 Å². The third kappa shape index (κ3) is 4.53. The number of carbonyl (C=O) groups is 1. The monoisotopic (exact) mass is 276 g/mol. The quantitative estimate of drug-likeness (QED) is 0.812. The fourth-order valence-corrected chi connectivity index (χ4v) is 2.54. The first-order valence-electron chi connectivity index (χ1n) is 7.41. The standard InChI is InChI=1S/C16H24N2O2/c1-12-6-8-13(9-7-12)20-11-10-16(19)18-15-5-3-2-4-14(15)17/h2-5,12-13H,6-11,17H2,1H3,(H,18,19). The fraction of sp³-hybridized carbons (Fsp3) is 0.562. The number of nitrogens with one attached hydrogen (secondary N) is 1. The third-order valence-electron chi connectivity index (χ3n) is 3.88. The molecule has 0 bridgehead atoms. The second-order valence-electron chi connectivity index (χ2n) is 5.64. The molecule has 1 fully saturated rings. The summed E-state index contributed by atoms with van der Waals surface area (Å²) in [6.45, 7) is 2.77. The van der Waals surface area contributed by atoms with Crippen molar-refractivity contribution in [1.82, 2.24) is 0 Å². The molecule has 2 rings (SSSR count). The van der Waals surface area contributed by atoms with Crippen molar-refractivity contribution in [2.75, 3.05) is 17.7 Å². The van der Waals surface area contributed by atoms with Gasteiger partial charge in [0.05, 0.1) is 30.5 Å². The van der Waals surface area contributed by atoms with Crippen LogP contribution in [0, 0.1) is 5.92 Å². The van der Waals surface area contributed by atoms with Gasteiger partial charge in [-0.25, -0.2) is 0 Å².